The molecule has 0 bridgehead atoms. The second-order valence-electron chi connectivity index (χ2n) is 5.05. The van der Waals surface area contributed by atoms with E-state index in [-0.39, 0.29) is 11.4 Å². The number of pyridine rings is 1. The zero-order valence-corrected chi connectivity index (χ0v) is 10.8. The third kappa shape index (κ3) is 6.68. The van der Waals surface area contributed by atoms with Gasteiger partial charge in [0, 0.05) is 30.4 Å². The van der Waals surface area contributed by atoms with Crippen LogP contribution in [-0.4, -0.2) is 29.5 Å². The molecule has 0 unspecified atom stereocenters. The summed E-state index contributed by atoms with van der Waals surface area (Å²) in [6.45, 7) is 7.02. The van der Waals surface area contributed by atoms with Gasteiger partial charge >= 0.3 is 0 Å². The molecule has 1 rings (SSSR count). The number of carbonyl (C=O) groups is 1. The summed E-state index contributed by atoms with van der Waals surface area (Å²) in [6, 6.07) is 5.85. The molecular weight excluding hydrogens is 214 g/mol. The van der Waals surface area contributed by atoms with Crippen LogP contribution < -0.4 is 10.6 Å². The Morgan fingerprint density at radius 2 is 2.12 bits per heavy atom. The fourth-order valence-corrected chi connectivity index (χ4v) is 1.43. The van der Waals surface area contributed by atoms with E-state index < -0.39 is 0 Å². The van der Waals surface area contributed by atoms with Crippen LogP contribution in [0.5, 0.6) is 0 Å². The molecule has 17 heavy (non-hydrogen) atoms. The summed E-state index contributed by atoms with van der Waals surface area (Å²) in [6.07, 6.45) is 2.62. The van der Waals surface area contributed by atoms with Crippen LogP contribution in [0, 0.1) is 0 Å². The van der Waals surface area contributed by atoms with Crippen LogP contribution in [0.1, 0.15) is 26.5 Å². The fraction of sp³-hybridized carbons (Fsp3) is 0.538. The molecule has 0 saturated carbocycles. The first kappa shape index (κ1) is 13.6. The number of nitrogens with zero attached hydrogens (tertiary/aromatic N) is 1. The molecule has 4 nitrogen and oxygen atoms in total. The summed E-state index contributed by atoms with van der Waals surface area (Å²) >= 11 is 0. The summed E-state index contributed by atoms with van der Waals surface area (Å²) in [7, 11) is 0. The number of nitrogens with one attached hydrogen (secondary N) is 2. The van der Waals surface area contributed by atoms with Crippen molar-refractivity contribution in [2.24, 2.45) is 0 Å². The van der Waals surface area contributed by atoms with Crippen LogP contribution in [0.2, 0.25) is 0 Å². The Morgan fingerprint density at radius 3 is 2.71 bits per heavy atom. The highest BCUT2D eigenvalue weighted by Crippen LogP contribution is 1.97. The topological polar surface area (TPSA) is 54.0 Å². The van der Waals surface area contributed by atoms with Crippen LogP contribution in [0.4, 0.5) is 0 Å². The third-order valence-corrected chi connectivity index (χ3v) is 2.08. The predicted octanol–water partition coefficient (Wildman–Crippen LogP) is 1.13. The highest BCUT2D eigenvalue weighted by Gasteiger charge is 2.12. The lowest BCUT2D eigenvalue weighted by Gasteiger charge is -2.20. The second-order valence-corrected chi connectivity index (χ2v) is 5.05. The Kier molecular flexibility index (Phi) is 5.10. The second kappa shape index (κ2) is 6.35. The van der Waals surface area contributed by atoms with Gasteiger partial charge in [0.25, 0.3) is 0 Å². The molecule has 0 aliphatic carbocycles. The minimum atomic E-state index is -0.167. The number of hydrogen-bond donors (Lipinski definition) is 2. The number of carbonyl (C=O) groups excluding carboxylic acids is 1. The Labute approximate surface area is 103 Å². The zero-order chi connectivity index (χ0) is 12.7. The van der Waals surface area contributed by atoms with Gasteiger partial charge in [-0.25, -0.2) is 0 Å². The lowest BCUT2D eigenvalue weighted by Crippen LogP contribution is -2.45. The van der Waals surface area contributed by atoms with E-state index in [1.807, 2.05) is 39.0 Å². The van der Waals surface area contributed by atoms with Gasteiger partial charge in [-0.15, -0.1) is 0 Å². The molecule has 4 heteroatoms. The van der Waals surface area contributed by atoms with Crippen molar-refractivity contribution in [2.45, 2.75) is 32.7 Å². The van der Waals surface area contributed by atoms with Crippen LogP contribution in [0.25, 0.3) is 0 Å². The third-order valence-electron chi connectivity index (χ3n) is 2.08. The van der Waals surface area contributed by atoms with Crippen molar-refractivity contribution in [1.29, 1.82) is 0 Å². The average Bonchev–Trinajstić information content (AvgIpc) is 2.23. The molecule has 94 valence electrons. The molecule has 0 radical (unpaired) electrons. The predicted molar refractivity (Wildman–Crippen MR) is 68.7 cm³/mol. The van der Waals surface area contributed by atoms with Gasteiger partial charge in [-0.2, -0.15) is 0 Å². The van der Waals surface area contributed by atoms with E-state index in [1.54, 1.807) is 6.20 Å². The van der Waals surface area contributed by atoms with Gasteiger partial charge in [0.05, 0.1) is 6.54 Å². The molecule has 1 aromatic rings. The first-order valence-electron chi connectivity index (χ1n) is 5.89. The molecule has 1 amide bonds. The number of hydrogen-bond acceptors (Lipinski definition) is 3. The van der Waals surface area contributed by atoms with Gasteiger partial charge in [0.1, 0.15) is 0 Å². The lowest BCUT2D eigenvalue weighted by molar-refractivity contribution is -0.121. The summed E-state index contributed by atoms with van der Waals surface area (Å²) < 4.78 is 0. The standard InChI is InChI=1S/C13H21N3O/c1-13(2,3)16-12(17)10-14-9-7-11-6-4-5-8-15-11/h4-6,8,14H,7,9-10H2,1-3H3,(H,16,17). The van der Waals surface area contributed by atoms with E-state index >= 15 is 0 Å². The maximum absolute atomic E-state index is 11.5. The molecule has 0 aromatic carbocycles. The number of rotatable bonds is 5. The van der Waals surface area contributed by atoms with Crippen LogP contribution >= 0.6 is 0 Å². The zero-order valence-electron chi connectivity index (χ0n) is 10.8. The highest BCUT2D eigenvalue weighted by molar-refractivity contribution is 5.78. The molecular formula is C13H21N3O. The molecule has 0 aliphatic rings. The van der Waals surface area contributed by atoms with E-state index in [4.69, 9.17) is 0 Å². The smallest absolute Gasteiger partial charge is 0.234 e. The fourth-order valence-electron chi connectivity index (χ4n) is 1.43. The van der Waals surface area contributed by atoms with Gasteiger partial charge in [-0.05, 0) is 32.9 Å². The SMILES string of the molecule is CC(C)(C)NC(=O)CNCCc1ccccn1. The maximum atomic E-state index is 11.5. The van der Waals surface area contributed by atoms with Crippen molar-refractivity contribution in [3.05, 3.63) is 30.1 Å². The van der Waals surface area contributed by atoms with Gasteiger partial charge in [0.2, 0.25) is 5.91 Å². The van der Waals surface area contributed by atoms with Gasteiger partial charge in [-0.1, -0.05) is 6.07 Å². The van der Waals surface area contributed by atoms with Gasteiger partial charge in [-0.3, -0.25) is 9.78 Å². The van der Waals surface area contributed by atoms with Crippen molar-refractivity contribution in [3.63, 3.8) is 0 Å². The van der Waals surface area contributed by atoms with Gasteiger partial charge in [0.15, 0.2) is 0 Å². The molecule has 0 fully saturated rings. The number of aromatic nitrogens is 1. The first-order chi connectivity index (χ1) is 7.97. The Balaban J connectivity index is 2.14. The molecule has 0 saturated heterocycles. The molecule has 1 heterocycles. The average molecular weight is 235 g/mol. The van der Waals surface area contributed by atoms with Crippen molar-refractivity contribution in [2.75, 3.05) is 13.1 Å². The molecule has 2 N–H and O–H groups in total. The van der Waals surface area contributed by atoms with E-state index in [0.29, 0.717) is 6.54 Å². The molecule has 0 atom stereocenters. The van der Waals surface area contributed by atoms with Crippen molar-refractivity contribution < 1.29 is 4.79 Å². The minimum absolute atomic E-state index is 0.0264. The minimum Gasteiger partial charge on any atom is -0.350 e. The maximum Gasteiger partial charge on any atom is 0.234 e. The van der Waals surface area contributed by atoms with E-state index in [9.17, 15) is 4.79 Å². The van der Waals surface area contributed by atoms with Crippen LogP contribution in [-0.2, 0) is 11.2 Å². The Hall–Kier alpha value is -1.42. The summed E-state index contributed by atoms with van der Waals surface area (Å²) in [5.41, 5.74) is 0.871. The lowest BCUT2D eigenvalue weighted by atomic mass is 10.1. The van der Waals surface area contributed by atoms with Crippen LogP contribution in [0.3, 0.4) is 0 Å². The number of amides is 1. The largest absolute Gasteiger partial charge is 0.350 e. The van der Waals surface area contributed by atoms with E-state index in [2.05, 4.69) is 15.6 Å². The Morgan fingerprint density at radius 1 is 1.35 bits per heavy atom. The normalized spacial score (nSPS) is 11.2. The van der Waals surface area contributed by atoms with Crippen molar-refractivity contribution in [3.8, 4) is 0 Å². The summed E-state index contributed by atoms with van der Waals surface area (Å²) in [4.78, 5) is 15.7. The summed E-state index contributed by atoms with van der Waals surface area (Å²) in [5.74, 6) is 0.0264. The summed E-state index contributed by atoms with van der Waals surface area (Å²) in [5, 5.41) is 6.00. The monoisotopic (exact) mass is 235 g/mol. The van der Waals surface area contributed by atoms with Crippen molar-refractivity contribution in [1.82, 2.24) is 15.6 Å². The van der Waals surface area contributed by atoms with Crippen molar-refractivity contribution >= 4 is 5.91 Å². The van der Waals surface area contributed by atoms with Crippen LogP contribution in [0.15, 0.2) is 24.4 Å². The quantitative estimate of drug-likeness (QED) is 0.752. The molecule has 0 spiro atoms. The molecule has 0 aliphatic heterocycles. The highest BCUT2D eigenvalue weighted by atomic mass is 16.2. The Bertz CT molecular complexity index is 343. The molecule has 1 aromatic heterocycles. The van der Waals surface area contributed by atoms with Gasteiger partial charge < -0.3 is 10.6 Å². The van der Waals surface area contributed by atoms with E-state index in [0.717, 1.165) is 18.7 Å². The first-order valence-corrected chi connectivity index (χ1v) is 5.89. The van der Waals surface area contributed by atoms with E-state index in [1.165, 1.54) is 0 Å².